The average molecular weight is 543 g/mol. The molecule has 1 aliphatic rings. The van der Waals surface area contributed by atoms with Crippen molar-refractivity contribution in [2.24, 2.45) is 0 Å². The summed E-state index contributed by atoms with van der Waals surface area (Å²) >= 11 is 9.51. The Morgan fingerprint density at radius 2 is 1.97 bits per heavy atom. The van der Waals surface area contributed by atoms with Crippen LogP contribution < -0.4 is 14.5 Å². The smallest absolute Gasteiger partial charge is 0.236 e. The van der Waals surface area contributed by atoms with Gasteiger partial charge in [0.25, 0.3) is 0 Å². The highest BCUT2D eigenvalue weighted by Crippen LogP contribution is 2.33. The van der Waals surface area contributed by atoms with E-state index in [1.54, 1.807) is 28.6 Å². The van der Waals surface area contributed by atoms with E-state index in [2.05, 4.69) is 46.3 Å². The van der Waals surface area contributed by atoms with E-state index in [0.717, 1.165) is 17.7 Å². The number of piperidine rings is 1. The number of rotatable bonds is 8. The summed E-state index contributed by atoms with van der Waals surface area (Å²) in [5.41, 5.74) is 1.31. The molecule has 1 fully saturated rings. The van der Waals surface area contributed by atoms with Crippen molar-refractivity contribution >= 4 is 60.1 Å². The van der Waals surface area contributed by atoms with E-state index in [9.17, 15) is 8.42 Å². The van der Waals surface area contributed by atoms with E-state index in [-0.39, 0.29) is 11.8 Å². The van der Waals surface area contributed by atoms with Crippen LogP contribution in [-0.4, -0.2) is 66.6 Å². The molecular formula is C20H25BrClN7O2S. The molecule has 3 heterocycles. The minimum absolute atomic E-state index is 0.0399. The Hall–Kier alpha value is -1.95. The average Bonchev–Trinajstić information content (AvgIpc) is 3.17. The number of benzene rings is 1. The van der Waals surface area contributed by atoms with Gasteiger partial charge in [-0.25, -0.2) is 18.4 Å². The maximum atomic E-state index is 13.3. The number of hydrogen-bond donors (Lipinski definition) is 2. The third kappa shape index (κ3) is 4.85. The summed E-state index contributed by atoms with van der Waals surface area (Å²) < 4.78 is 28.9. The number of aromatic nitrogens is 4. The Morgan fingerprint density at radius 1 is 1.25 bits per heavy atom. The van der Waals surface area contributed by atoms with Crippen molar-refractivity contribution in [3.05, 3.63) is 40.2 Å². The molecule has 172 valence electrons. The van der Waals surface area contributed by atoms with Crippen LogP contribution in [0.3, 0.4) is 0 Å². The lowest BCUT2D eigenvalue weighted by atomic mass is 10.0. The highest BCUT2D eigenvalue weighted by atomic mass is 79.9. The first-order valence-electron chi connectivity index (χ1n) is 10.5. The lowest BCUT2D eigenvalue weighted by Crippen LogP contribution is -2.49. The topological polar surface area (TPSA) is 107 Å². The molecule has 1 saturated heterocycles. The molecule has 12 heteroatoms. The van der Waals surface area contributed by atoms with Crippen LogP contribution in [0.5, 0.6) is 0 Å². The van der Waals surface area contributed by atoms with Crippen molar-refractivity contribution in [1.29, 1.82) is 0 Å². The third-order valence-electron chi connectivity index (χ3n) is 5.56. The lowest BCUT2D eigenvalue weighted by Gasteiger charge is -2.39. The second kappa shape index (κ2) is 9.90. The normalized spacial score (nSPS) is 15.4. The van der Waals surface area contributed by atoms with Gasteiger partial charge in [0.1, 0.15) is 16.7 Å². The van der Waals surface area contributed by atoms with Gasteiger partial charge in [0, 0.05) is 30.7 Å². The van der Waals surface area contributed by atoms with E-state index < -0.39 is 10.0 Å². The Balaban J connectivity index is 1.57. The van der Waals surface area contributed by atoms with Crippen LogP contribution in [0.1, 0.15) is 19.8 Å². The number of H-pyrrole nitrogens is 1. The molecule has 0 atom stereocenters. The van der Waals surface area contributed by atoms with Gasteiger partial charge in [-0.1, -0.05) is 18.5 Å². The molecule has 1 aliphatic heterocycles. The molecule has 2 aromatic heterocycles. The fourth-order valence-corrected chi connectivity index (χ4v) is 6.31. The quantitative estimate of drug-likeness (QED) is 0.421. The number of fused-ring (bicyclic) bond motifs is 1. The summed E-state index contributed by atoms with van der Waals surface area (Å²) in [6.07, 6.45) is 2.85. The Kier molecular flexibility index (Phi) is 7.18. The monoisotopic (exact) mass is 541 g/mol. The molecule has 3 aromatic rings. The molecule has 0 unspecified atom stereocenters. The predicted molar refractivity (Wildman–Crippen MR) is 131 cm³/mol. The molecule has 0 saturated carbocycles. The second-order valence-electron chi connectivity index (χ2n) is 7.60. The number of sulfonamides is 1. The maximum Gasteiger partial charge on any atom is 0.236 e. The number of halogens is 2. The SMILES string of the molecule is CCNCCS(=O)(=O)N(c1ccc(Cl)cc1)C1CCN(c2ncnc3[nH]nc(Br)c23)CC1. The molecule has 0 bridgehead atoms. The van der Waals surface area contributed by atoms with Crippen LogP contribution in [-0.2, 0) is 10.0 Å². The first-order valence-corrected chi connectivity index (χ1v) is 13.3. The number of aromatic amines is 1. The van der Waals surface area contributed by atoms with E-state index in [0.29, 0.717) is 53.4 Å². The van der Waals surface area contributed by atoms with E-state index in [4.69, 9.17) is 11.6 Å². The van der Waals surface area contributed by atoms with Gasteiger partial charge in [-0.3, -0.25) is 9.40 Å². The summed E-state index contributed by atoms with van der Waals surface area (Å²) in [5, 5.41) is 11.6. The van der Waals surface area contributed by atoms with E-state index in [1.807, 2.05) is 6.92 Å². The Morgan fingerprint density at radius 3 is 2.66 bits per heavy atom. The fraction of sp³-hybridized carbons (Fsp3) is 0.450. The zero-order valence-electron chi connectivity index (χ0n) is 17.6. The van der Waals surface area contributed by atoms with Crippen molar-refractivity contribution in [3.8, 4) is 0 Å². The van der Waals surface area contributed by atoms with Gasteiger partial charge < -0.3 is 10.2 Å². The lowest BCUT2D eigenvalue weighted by molar-refractivity contribution is 0.489. The summed E-state index contributed by atoms with van der Waals surface area (Å²) in [4.78, 5) is 10.9. The van der Waals surface area contributed by atoms with Crippen LogP contribution in [0.4, 0.5) is 11.5 Å². The minimum atomic E-state index is -3.51. The van der Waals surface area contributed by atoms with Gasteiger partial charge in [-0.15, -0.1) is 0 Å². The van der Waals surface area contributed by atoms with E-state index >= 15 is 0 Å². The van der Waals surface area contributed by atoms with Crippen molar-refractivity contribution in [2.45, 2.75) is 25.8 Å². The molecule has 2 N–H and O–H groups in total. The zero-order valence-corrected chi connectivity index (χ0v) is 20.8. The maximum absolute atomic E-state index is 13.3. The predicted octanol–water partition coefficient (Wildman–Crippen LogP) is 3.18. The summed E-state index contributed by atoms with van der Waals surface area (Å²) in [6, 6.07) is 6.86. The molecular weight excluding hydrogens is 518 g/mol. The van der Waals surface area contributed by atoms with Gasteiger partial charge in [-0.2, -0.15) is 5.10 Å². The van der Waals surface area contributed by atoms with Crippen LogP contribution in [0.15, 0.2) is 35.2 Å². The van der Waals surface area contributed by atoms with Crippen LogP contribution in [0.25, 0.3) is 11.0 Å². The molecule has 0 spiro atoms. The largest absolute Gasteiger partial charge is 0.356 e. The Bertz CT molecular complexity index is 1160. The highest BCUT2D eigenvalue weighted by molar-refractivity contribution is 9.10. The van der Waals surface area contributed by atoms with Crippen molar-refractivity contribution in [3.63, 3.8) is 0 Å². The van der Waals surface area contributed by atoms with Crippen LogP contribution in [0.2, 0.25) is 5.02 Å². The number of nitrogens with zero attached hydrogens (tertiary/aromatic N) is 5. The minimum Gasteiger partial charge on any atom is -0.356 e. The summed E-state index contributed by atoms with van der Waals surface area (Å²) in [7, 11) is -3.51. The Labute approximate surface area is 200 Å². The third-order valence-corrected chi connectivity index (χ3v) is 8.21. The van der Waals surface area contributed by atoms with Crippen LogP contribution in [0, 0.1) is 0 Å². The number of hydrogen-bond acceptors (Lipinski definition) is 7. The van der Waals surface area contributed by atoms with Crippen molar-refractivity contribution in [2.75, 3.05) is 41.1 Å². The molecule has 32 heavy (non-hydrogen) atoms. The summed E-state index contributed by atoms with van der Waals surface area (Å²) in [5.74, 6) is 0.833. The van der Waals surface area contributed by atoms with E-state index in [1.165, 1.54) is 6.33 Å². The standard InChI is InChI=1S/C20H25BrClN7O2S/c1-2-23-9-12-32(30,31)29(15-5-3-14(22)4-6-15)16-7-10-28(11-8-16)20-17-18(21)26-27-19(17)24-13-25-20/h3-6,13,16,23H,2,7-12H2,1H3,(H,24,25,26,27). The second-order valence-corrected chi connectivity index (χ2v) is 10.7. The van der Waals surface area contributed by atoms with Crippen LogP contribution >= 0.6 is 27.5 Å². The zero-order chi connectivity index (χ0) is 22.7. The molecule has 0 radical (unpaired) electrons. The van der Waals surface area contributed by atoms with Crippen molar-refractivity contribution in [1.82, 2.24) is 25.5 Å². The number of anilines is 2. The van der Waals surface area contributed by atoms with Gasteiger partial charge in [0.15, 0.2) is 5.65 Å². The van der Waals surface area contributed by atoms with Gasteiger partial charge >= 0.3 is 0 Å². The van der Waals surface area contributed by atoms with Crippen molar-refractivity contribution < 1.29 is 8.42 Å². The first-order chi connectivity index (χ1) is 15.4. The fourth-order valence-electron chi connectivity index (χ4n) is 4.02. The summed E-state index contributed by atoms with van der Waals surface area (Å²) in [6.45, 7) is 4.44. The molecule has 9 nitrogen and oxygen atoms in total. The molecule has 0 amide bonds. The van der Waals surface area contributed by atoms with Gasteiger partial charge in [-0.05, 0) is 59.6 Å². The first kappa shape index (κ1) is 23.2. The molecule has 4 rings (SSSR count). The highest BCUT2D eigenvalue weighted by Gasteiger charge is 2.33. The molecule has 1 aromatic carbocycles. The molecule has 0 aliphatic carbocycles. The van der Waals surface area contributed by atoms with Gasteiger partial charge in [0.2, 0.25) is 10.0 Å². The van der Waals surface area contributed by atoms with Gasteiger partial charge in [0.05, 0.1) is 16.8 Å². The number of nitrogens with one attached hydrogen (secondary N) is 2.